The summed E-state index contributed by atoms with van der Waals surface area (Å²) in [5.41, 5.74) is 0. The van der Waals surface area contributed by atoms with Crippen LogP contribution in [0, 0.1) is 0 Å². The molecule has 214 valence electrons. The quantitative estimate of drug-likeness (QED) is 0.0706. The molecule has 0 aliphatic carbocycles. The molecule has 0 amide bonds. The van der Waals surface area contributed by atoms with E-state index >= 15 is 0 Å². The Hall–Kier alpha value is -1.19. The van der Waals surface area contributed by atoms with Gasteiger partial charge in [-0.15, -0.1) is 0 Å². The molecule has 0 aliphatic heterocycles. The van der Waals surface area contributed by atoms with Gasteiger partial charge < -0.3 is 9.47 Å². The van der Waals surface area contributed by atoms with E-state index in [2.05, 4.69) is 18.0 Å². The first-order valence-corrected chi connectivity index (χ1v) is 15.6. The van der Waals surface area contributed by atoms with Crippen molar-refractivity contribution >= 4 is 22.3 Å². The fourth-order valence-electron chi connectivity index (χ4n) is 3.95. The van der Waals surface area contributed by atoms with Crippen LogP contribution in [-0.4, -0.2) is 44.2 Å². The van der Waals surface area contributed by atoms with Gasteiger partial charge in [-0.3, -0.25) is 14.1 Å². The molecular formula is C27H52O8S. The summed E-state index contributed by atoms with van der Waals surface area (Å²) < 4.78 is 45.8. The minimum Gasteiger partial charge on any atom is -0.463 e. The van der Waals surface area contributed by atoms with Gasteiger partial charge in [-0.1, -0.05) is 117 Å². The highest BCUT2D eigenvalue weighted by Gasteiger charge is 2.21. The Morgan fingerprint density at radius 1 is 0.583 bits per heavy atom. The summed E-state index contributed by atoms with van der Waals surface area (Å²) in [7, 11) is -4.77. The highest BCUT2D eigenvalue weighted by atomic mass is 32.3. The Labute approximate surface area is 220 Å². The van der Waals surface area contributed by atoms with Gasteiger partial charge in [0.1, 0.15) is 19.3 Å². The first-order valence-electron chi connectivity index (χ1n) is 14.2. The van der Waals surface area contributed by atoms with Gasteiger partial charge in [0.25, 0.3) is 0 Å². The summed E-state index contributed by atoms with van der Waals surface area (Å²) in [4.78, 5) is 23.9. The molecule has 9 heteroatoms. The maximum absolute atomic E-state index is 12.0. The Balaban J connectivity index is 4.00. The van der Waals surface area contributed by atoms with Crippen molar-refractivity contribution in [1.82, 2.24) is 0 Å². The molecule has 0 saturated carbocycles. The topological polar surface area (TPSA) is 116 Å². The lowest BCUT2D eigenvalue weighted by molar-refractivity contribution is -0.151. The highest BCUT2D eigenvalue weighted by Crippen LogP contribution is 2.12. The Morgan fingerprint density at radius 3 is 1.19 bits per heavy atom. The van der Waals surface area contributed by atoms with Gasteiger partial charge in [-0.05, 0) is 12.8 Å². The molecule has 0 fully saturated rings. The van der Waals surface area contributed by atoms with E-state index in [0.29, 0.717) is 12.8 Å². The van der Waals surface area contributed by atoms with Gasteiger partial charge in [0, 0.05) is 12.8 Å². The molecule has 0 atom stereocenters. The molecule has 36 heavy (non-hydrogen) atoms. The van der Waals surface area contributed by atoms with Crippen LogP contribution in [0.5, 0.6) is 0 Å². The minimum atomic E-state index is -4.77. The van der Waals surface area contributed by atoms with Crippen LogP contribution < -0.4 is 0 Å². The zero-order valence-corrected chi connectivity index (χ0v) is 23.7. The van der Waals surface area contributed by atoms with Gasteiger partial charge in [0.15, 0.2) is 0 Å². The third-order valence-corrected chi connectivity index (χ3v) is 6.60. The summed E-state index contributed by atoms with van der Waals surface area (Å²) in [6.45, 7) is 3.56. The smallest absolute Gasteiger partial charge is 0.397 e. The van der Waals surface area contributed by atoms with Gasteiger partial charge in [0.2, 0.25) is 0 Å². The normalized spacial score (nSPS) is 11.7. The van der Waals surface area contributed by atoms with Crippen molar-refractivity contribution in [3.05, 3.63) is 0 Å². The van der Waals surface area contributed by atoms with Crippen LogP contribution in [0.2, 0.25) is 0 Å². The molecule has 0 aliphatic rings. The number of esters is 2. The zero-order valence-electron chi connectivity index (χ0n) is 22.8. The number of ether oxygens (including phenoxy) is 2. The molecule has 0 aromatic rings. The lowest BCUT2D eigenvalue weighted by Gasteiger charge is -2.16. The SMILES string of the molecule is CCCCCCCCCCCC(=O)OCC(COC(=O)CCCCCCCCCCC)OS(=O)(=O)O. The molecule has 0 aromatic carbocycles. The third-order valence-electron chi connectivity index (χ3n) is 6.09. The van der Waals surface area contributed by atoms with Crippen molar-refractivity contribution in [2.45, 2.75) is 148 Å². The average Bonchev–Trinajstić information content (AvgIpc) is 2.82. The van der Waals surface area contributed by atoms with Crippen LogP contribution in [0.15, 0.2) is 0 Å². The van der Waals surface area contributed by atoms with E-state index in [9.17, 15) is 18.0 Å². The highest BCUT2D eigenvalue weighted by molar-refractivity contribution is 7.80. The maximum Gasteiger partial charge on any atom is 0.397 e. The Morgan fingerprint density at radius 2 is 0.889 bits per heavy atom. The lowest BCUT2D eigenvalue weighted by atomic mass is 10.1. The van der Waals surface area contributed by atoms with Crippen molar-refractivity contribution in [3.8, 4) is 0 Å². The lowest BCUT2D eigenvalue weighted by Crippen LogP contribution is -2.30. The van der Waals surface area contributed by atoms with Crippen LogP contribution in [0.3, 0.4) is 0 Å². The maximum atomic E-state index is 12.0. The van der Waals surface area contributed by atoms with Crippen LogP contribution in [-0.2, 0) is 33.6 Å². The fourth-order valence-corrected chi connectivity index (χ4v) is 4.41. The molecule has 0 unspecified atom stereocenters. The van der Waals surface area contributed by atoms with Crippen molar-refractivity contribution in [2.24, 2.45) is 0 Å². The minimum absolute atomic E-state index is 0.229. The van der Waals surface area contributed by atoms with Crippen LogP contribution in [0.25, 0.3) is 0 Å². The van der Waals surface area contributed by atoms with Crippen LogP contribution >= 0.6 is 0 Å². The summed E-state index contributed by atoms with van der Waals surface area (Å²) >= 11 is 0. The molecule has 0 spiro atoms. The summed E-state index contributed by atoms with van der Waals surface area (Å²) in [5.74, 6) is -0.939. The number of carbonyl (C=O) groups is 2. The number of unbranched alkanes of at least 4 members (excludes halogenated alkanes) is 16. The van der Waals surface area contributed by atoms with E-state index in [1.165, 1.54) is 64.2 Å². The molecule has 0 saturated heterocycles. The second-order valence-corrected chi connectivity index (χ2v) is 10.7. The van der Waals surface area contributed by atoms with E-state index < -0.39 is 41.7 Å². The van der Waals surface area contributed by atoms with E-state index in [1.807, 2.05) is 0 Å². The van der Waals surface area contributed by atoms with Crippen LogP contribution in [0.1, 0.15) is 142 Å². The largest absolute Gasteiger partial charge is 0.463 e. The first kappa shape index (κ1) is 34.8. The second-order valence-electron chi connectivity index (χ2n) is 9.67. The molecule has 0 rings (SSSR count). The number of hydrogen-bond donors (Lipinski definition) is 1. The average molecular weight is 537 g/mol. The van der Waals surface area contributed by atoms with E-state index in [-0.39, 0.29) is 12.8 Å². The molecule has 0 heterocycles. The fraction of sp³-hybridized carbons (Fsp3) is 0.926. The van der Waals surface area contributed by atoms with E-state index in [0.717, 1.165) is 38.5 Å². The predicted octanol–water partition coefficient (Wildman–Crippen LogP) is 7.10. The summed E-state index contributed by atoms with van der Waals surface area (Å²) in [6.07, 6.45) is 19.5. The molecule has 0 radical (unpaired) electrons. The number of carbonyl (C=O) groups excluding carboxylic acids is 2. The first-order chi connectivity index (χ1) is 17.3. The van der Waals surface area contributed by atoms with Gasteiger partial charge in [-0.2, -0.15) is 8.42 Å². The van der Waals surface area contributed by atoms with Crippen molar-refractivity contribution in [3.63, 3.8) is 0 Å². The van der Waals surface area contributed by atoms with Crippen molar-refractivity contribution in [1.29, 1.82) is 0 Å². The van der Waals surface area contributed by atoms with E-state index in [4.69, 9.17) is 14.0 Å². The Kier molecular flexibility index (Phi) is 23.4. The zero-order chi connectivity index (χ0) is 26.9. The molecular weight excluding hydrogens is 484 g/mol. The van der Waals surface area contributed by atoms with Crippen LogP contribution in [0.4, 0.5) is 0 Å². The van der Waals surface area contributed by atoms with Gasteiger partial charge in [0.05, 0.1) is 0 Å². The molecule has 0 bridgehead atoms. The predicted molar refractivity (Wildman–Crippen MR) is 142 cm³/mol. The van der Waals surface area contributed by atoms with Gasteiger partial charge >= 0.3 is 22.3 Å². The van der Waals surface area contributed by atoms with Crippen molar-refractivity contribution < 1.29 is 36.2 Å². The monoisotopic (exact) mass is 536 g/mol. The third kappa shape index (κ3) is 25.9. The molecule has 0 aromatic heterocycles. The second kappa shape index (κ2) is 24.2. The molecule has 8 nitrogen and oxygen atoms in total. The van der Waals surface area contributed by atoms with E-state index in [1.54, 1.807) is 0 Å². The van der Waals surface area contributed by atoms with Gasteiger partial charge in [-0.25, -0.2) is 4.18 Å². The summed E-state index contributed by atoms with van der Waals surface area (Å²) in [5, 5.41) is 0. The molecule has 1 N–H and O–H groups in total. The van der Waals surface area contributed by atoms with Crippen molar-refractivity contribution in [2.75, 3.05) is 13.2 Å². The Bertz CT molecular complexity index is 598. The summed E-state index contributed by atoms with van der Waals surface area (Å²) in [6, 6.07) is 0. The number of hydrogen-bond acceptors (Lipinski definition) is 7. The standard InChI is InChI=1S/C27H52O8S/c1-3-5-7-9-11-13-15-17-19-21-26(28)33-23-25(35-36(30,31)32)24-34-27(29)22-20-18-16-14-12-10-8-6-4-2/h25H,3-24H2,1-2H3,(H,30,31,32). The number of rotatable bonds is 26.